The first kappa shape index (κ1) is 15.4. The van der Waals surface area contributed by atoms with E-state index in [1.54, 1.807) is 11.6 Å². The summed E-state index contributed by atoms with van der Waals surface area (Å²) in [4.78, 5) is 20.9. The third-order valence-corrected chi connectivity index (χ3v) is 3.61. The Morgan fingerprint density at radius 3 is 2.81 bits per heavy atom. The molecule has 5 nitrogen and oxygen atoms in total. The van der Waals surface area contributed by atoms with Gasteiger partial charge in [-0.1, -0.05) is 13.8 Å². The Morgan fingerprint density at radius 2 is 2.19 bits per heavy atom. The van der Waals surface area contributed by atoms with Crippen LogP contribution in [0.5, 0.6) is 0 Å². The van der Waals surface area contributed by atoms with Crippen LogP contribution in [0.4, 0.5) is 5.82 Å². The zero-order chi connectivity index (χ0) is 15.2. The monoisotopic (exact) mass is 304 g/mol. The summed E-state index contributed by atoms with van der Waals surface area (Å²) in [7, 11) is 0. The van der Waals surface area contributed by atoms with E-state index in [1.807, 2.05) is 18.4 Å². The molecule has 0 aliphatic carbocycles. The molecule has 2 aromatic rings. The quantitative estimate of drug-likeness (QED) is 0.861. The number of amides is 1. The molecule has 0 atom stereocenters. The summed E-state index contributed by atoms with van der Waals surface area (Å²) in [5.41, 5.74) is 4.17. The molecule has 0 spiro atoms. The second-order valence-corrected chi connectivity index (χ2v) is 5.73. The molecule has 0 saturated heterocycles. The molecule has 0 fully saturated rings. The summed E-state index contributed by atoms with van der Waals surface area (Å²) >= 11 is 1.52. The van der Waals surface area contributed by atoms with Crippen LogP contribution in [-0.4, -0.2) is 22.4 Å². The van der Waals surface area contributed by atoms with Gasteiger partial charge in [-0.05, 0) is 25.0 Å². The molecule has 0 bridgehead atoms. The van der Waals surface area contributed by atoms with Crippen molar-refractivity contribution in [2.24, 2.45) is 0 Å². The number of anilines is 1. The molecule has 2 rings (SSSR count). The SMILES string of the molecule is CCNc1cc(C(=O)NCc2cscn2)cc(C(C)C)n1. The summed E-state index contributed by atoms with van der Waals surface area (Å²) in [6.07, 6.45) is 0. The fourth-order valence-electron chi connectivity index (χ4n) is 1.85. The highest BCUT2D eigenvalue weighted by atomic mass is 32.1. The number of carbonyl (C=O) groups excluding carboxylic acids is 1. The van der Waals surface area contributed by atoms with Gasteiger partial charge in [-0.2, -0.15) is 0 Å². The lowest BCUT2D eigenvalue weighted by atomic mass is 10.1. The Bertz CT molecular complexity index is 596. The molecule has 6 heteroatoms. The van der Waals surface area contributed by atoms with Gasteiger partial charge in [-0.15, -0.1) is 11.3 Å². The van der Waals surface area contributed by atoms with Gasteiger partial charge in [0.15, 0.2) is 0 Å². The number of pyridine rings is 1. The molecule has 0 aliphatic heterocycles. The minimum atomic E-state index is -0.105. The first-order valence-electron chi connectivity index (χ1n) is 7.01. The topological polar surface area (TPSA) is 66.9 Å². The van der Waals surface area contributed by atoms with E-state index in [0.717, 1.165) is 23.8 Å². The van der Waals surface area contributed by atoms with Crippen LogP contribution in [0, 0.1) is 0 Å². The lowest BCUT2D eigenvalue weighted by molar-refractivity contribution is 0.0950. The minimum absolute atomic E-state index is 0.105. The van der Waals surface area contributed by atoms with E-state index in [2.05, 4.69) is 34.4 Å². The average molecular weight is 304 g/mol. The van der Waals surface area contributed by atoms with Gasteiger partial charge in [-0.25, -0.2) is 9.97 Å². The Kier molecular flexibility index (Phi) is 5.27. The van der Waals surface area contributed by atoms with Gasteiger partial charge in [0, 0.05) is 23.2 Å². The van der Waals surface area contributed by atoms with Gasteiger partial charge in [0.1, 0.15) is 5.82 Å². The van der Waals surface area contributed by atoms with Crippen molar-refractivity contribution in [2.45, 2.75) is 33.2 Å². The molecule has 1 amide bonds. The lowest BCUT2D eigenvalue weighted by Gasteiger charge is -2.11. The number of thiazole rings is 1. The van der Waals surface area contributed by atoms with E-state index in [-0.39, 0.29) is 11.8 Å². The molecule has 0 aliphatic rings. The standard InChI is InChI=1S/C15H20N4OS/c1-4-16-14-6-11(5-13(19-14)10(2)3)15(20)17-7-12-8-21-9-18-12/h5-6,8-10H,4,7H2,1-3H3,(H,16,19)(H,17,20). The van der Waals surface area contributed by atoms with Crippen molar-refractivity contribution in [3.05, 3.63) is 40.0 Å². The molecule has 112 valence electrons. The smallest absolute Gasteiger partial charge is 0.251 e. The number of rotatable bonds is 6. The molecule has 0 unspecified atom stereocenters. The van der Waals surface area contributed by atoms with Crippen molar-refractivity contribution in [1.29, 1.82) is 0 Å². The fourth-order valence-corrected chi connectivity index (χ4v) is 2.41. The number of nitrogens with one attached hydrogen (secondary N) is 2. The van der Waals surface area contributed by atoms with Gasteiger partial charge < -0.3 is 10.6 Å². The molecule has 0 radical (unpaired) electrons. The molecule has 21 heavy (non-hydrogen) atoms. The van der Waals surface area contributed by atoms with Crippen LogP contribution in [0.25, 0.3) is 0 Å². The van der Waals surface area contributed by atoms with E-state index in [0.29, 0.717) is 12.1 Å². The van der Waals surface area contributed by atoms with Crippen LogP contribution in [0.15, 0.2) is 23.0 Å². The van der Waals surface area contributed by atoms with Crippen molar-refractivity contribution >= 4 is 23.1 Å². The first-order chi connectivity index (χ1) is 10.1. The third-order valence-electron chi connectivity index (χ3n) is 2.97. The van der Waals surface area contributed by atoms with E-state index in [9.17, 15) is 4.79 Å². The highest BCUT2D eigenvalue weighted by Crippen LogP contribution is 2.17. The molecule has 2 heterocycles. The molecule has 2 aromatic heterocycles. The Morgan fingerprint density at radius 1 is 1.38 bits per heavy atom. The van der Waals surface area contributed by atoms with Crippen LogP contribution >= 0.6 is 11.3 Å². The van der Waals surface area contributed by atoms with Crippen molar-refractivity contribution in [1.82, 2.24) is 15.3 Å². The van der Waals surface area contributed by atoms with Gasteiger partial charge in [0.05, 0.1) is 17.7 Å². The molecule has 0 saturated carbocycles. The zero-order valence-corrected chi connectivity index (χ0v) is 13.3. The normalized spacial score (nSPS) is 10.7. The summed E-state index contributed by atoms with van der Waals surface area (Å²) in [5, 5.41) is 7.98. The first-order valence-corrected chi connectivity index (χ1v) is 7.95. The van der Waals surface area contributed by atoms with E-state index in [1.165, 1.54) is 11.3 Å². The molecular formula is C15H20N4OS. The zero-order valence-electron chi connectivity index (χ0n) is 12.5. The van der Waals surface area contributed by atoms with Gasteiger partial charge in [0.2, 0.25) is 0 Å². The van der Waals surface area contributed by atoms with Crippen molar-refractivity contribution in [3.63, 3.8) is 0 Å². The van der Waals surface area contributed by atoms with Crippen LogP contribution in [-0.2, 0) is 6.54 Å². The Hall–Kier alpha value is -1.95. The lowest BCUT2D eigenvalue weighted by Crippen LogP contribution is -2.23. The summed E-state index contributed by atoms with van der Waals surface area (Å²) < 4.78 is 0. The van der Waals surface area contributed by atoms with Crippen molar-refractivity contribution < 1.29 is 4.79 Å². The van der Waals surface area contributed by atoms with Crippen LogP contribution in [0.3, 0.4) is 0 Å². The van der Waals surface area contributed by atoms with Crippen LogP contribution in [0.1, 0.15) is 48.4 Å². The fraction of sp³-hybridized carbons (Fsp3) is 0.400. The van der Waals surface area contributed by atoms with Crippen molar-refractivity contribution in [3.8, 4) is 0 Å². The Labute approximate surface area is 128 Å². The van der Waals surface area contributed by atoms with Crippen LogP contribution in [0.2, 0.25) is 0 Å². The number of aromatic nitrogens is 2. The minimum Gasteiger partial charge on any atom is -0.370 e. The number of nitrogens with zero attached hydrogens (tertiary/aromatic N) is 2. The summed E-state index contributed by atoms with van der Waals surface area (Å²) in [6.45, 7) is 7.35. The predicted molar refractivity (Wildman–Crippen MR) is 85.8 cm³/mol. The van der Waals surface area contributed by atoms with E-state index in [4.69, 9.17) is 0 Å². The summed E-state index contributed by atoms with van der Waals surface area (Å²) in [6, 6.07) is 3.63. The van der Waals surface area contributed by atoms with E-state index < -0.39 is 0 Å². The van der Waals surface area contributed by atoms with Crippen molar-refractivity contribution in [2.75, 3.05) is 11.9 Å². The maximum Gasteiger partial charge on any atom is 0.251 e. The number of hydrogen-bond donors (Lipinski definition) is 2. The second kappa shape index (κ2) is 7.17. The highest BCUT2D eigenvalue weighted by Gasteiger charge is 2.12. The maximum atomic E-state index is 12.3. The maximum absolute atomic E-state index is 12.3. The predicted octanol–water partition coefficient (Wildman–Crippen LogP) is 3.02. The van der Waals surface area contributed by atoms with Gasteiger partial charge in [-0.3, -0.25) is 4.79 Å². The summed E-state index contributed by atoms with van der Waals surface area (Å²) in [5.74, 6) is 0.905. The van der Waals surface area contributed by atoms with E-state index >= 15 is 0 Å². The average Bonchev–Trinajstić information content (AvgIpc) is 2.98. The molecule has 2 N–H and O–H groups in total. The highest BCUT2D eigenvalue weighted by molar-refractivity contribution is 7.07. The number of carbonyl (C=O) groups is 1. The second-order valence-electron chi connectivity index (χ2n) is 5.01. The third kappa shape index (κ3) is 4.26. The van der Waals surface area contributed by atoms with Crippen LogP contribution < -0.4 is 10.6 Å². The Balaban J connectivity index is 2.14. The number of hydrogen-bond acceptors (Lipinski definition) is 5. The van der Waals surface area contributed by atoms with Gasteiger partial charge >= 0.3 is 0 Å². The van der Waals surface area contributed by atoms with Gasteiger partial charge in [0.25, 0.3) is 5.91 Å². The molecule has 0 aromatic carbocycles. The largest absolute Gasteiger partial charge is 0.370 e. The molecular weight excluding hydrogens is 284 g/mol.